The lowest BCUT2D eigenvalue weighted by Gasteiger charge is -0.734. The highest BCUT2D eigenvalue weighted by atomic mass is 32.1. The first-order valence-corrected chi connectivity index (χ1v) is 0.500. The standard InChI is InChI=1S/CH4.Mg.OS/c;;1-2/h1H4;;. The Morgan fingerprint density at radius 1 is 1.25 bits per heavy atom. The molecule has 0 spiro atoms. The molecule has 0 rings (SSSR count). The van der Waals surface area contributed by atoms with Gasteiger partial charge in [0.1, 0.15) is 0 Å². The number of hydrogen-bond donors (Lipinski definition) is 0. The van der Waals surface area contributed by atoms with Crippen molar-refractivity contribution in [1.29, 1.82) is 0 Å². The molecule has 0 saturated heterocycles. The molecule has 0 aliphatic heterocycles. The van der Waals surface area contributed by atoms with Crippen LogP contribution in [0.5, 0.6) is 0 Å². The van der Waals surface area contributed by atoms with Crippen molar-refractivity contribution in [2.75, 3.05) is 0 Å². The highest BCUT2D eigenvalue weighted by Gasteiger charge is 0.734. The largest absolute Gasteiger partial charge is 0.197 e. The lowest BCUT2D eigenvalue weighted by Crippen LogP contribution is -0.894. The number of rotatable bonds is 0. The molecule has 22 valence electrons. The first-order valence-electron chi connectivity index (χ1n) is 0.167. The van der Waals surface area contributed by atoms with Crippen LogP contribution in [0.4, 0.5) is 0 Å². The minimum atomic E-state index is 0. The van der Waals surface area contributed by atoms with E-state index in [1.54, 1.807) is 0 Å². The summed E-state index contributed by atoms with van der Waals surface area (Å²) in [4.78, 5) is 0. The van der Waals surface area contributed by atoms with Gasteiger partial charge in [-0.15, -0.1) is 0 Å². The van der Waals surface area contributed by atoms with E-state index in [0.29, 0.717) is 0 Å². The van der Waals surface area contributed by atoms with Crippen LogP contribution in [-0.2, 0) is 12.5 Å². The molecule has 0 aromatic rings. The highest BCUT2D eigenvalue weighted by Crippen LogP contribution is 0.558. The molecule has 4 heavy (non-hydrogen) atoms. The third-order valence-electron chi connectivity index (χ3n) is 0. The van der Waals surface area contributed by atoms with Crippen molar-refractivity contribution in [3.05, 3.63) is 0 Å². The summed E-state index contributed by atoms with van der Waals surface area (Å²) in [5.41, 5.74) is 0. The third kappa shape index (κ3) is 14.4. The molecule has 1 nitrogen and oxygen atoms in total. The van der Waals surface area contributed by atoms with Crippen molar-refractivity contribution < 1.29 is 4.21 Å². The maximum absolute atomic E-state index is 7.83. The Morgan fingerprint density at radius 2 is 1.25 bits per heavy atom. The predicted molar refractivity (Wildman–Crippen MR) is 20.6 cm³/mol. The van der Waals surface area contributed by atoms with Crippen molar-refractivity contribution in [3.63, 3.8) is 0 Å². The molecule has 0 saturated carbocycles. The minimum Gasteiger partial charge on any atom is -0.197 e. The van der Waals surface area contributed by atoms with Gasteiger partial charge < -0.3 is 0 Å². The Bertz CT molecular complexity index is 8.00. The topological polar surface area (TPSA) is 17.1 Å². The third-order valence-corrected chi connectivity index (χ3v) is 0. The SMILES string of the molecule is C.O=S.[Mg]. The average Bonchev–Trinajstić information content (AvgIpc) is 1.00. The van der Waals surface area contributed by atoms with Crippen LogP contribution >= 0.6 is 0 Å². The van der Waals surface area contributed by atoms with Crippen LogP contribution in [0.25, 0.3) is 0 Å². The van der Waals surface area contributed by atoms with Crippen molar-refractivity contribution in [1.82, 2.24) is 0 Å². The van der Waals surface area contributed by atoms with E-state index >= 15 is 0 Å². The fourth-order valence-electron chi connectivity index (χ4n) is 0. The fourth-order valence-corrected chi connectivity index (χ4v) is 0. The maximum atomic E-state index is 7.83. The van der Waals surface area contributed by atoms with Crippen molar-refractivity contribution in [3.8, 4) is 0 Å². The molecular weight excluding hydrogens is 84.4 g/mol. The van der Waals surface area contributed by atoms with E-state index < -0.39 is 0 Å². The van der Waals surface area contributed by atoms with Crippen LogP contribution in [0.1, 0.15) is 7.43 Å². The molecule has 0 bridgehead atoms. The van der Waals surface area contributed by atoms with Gasteiger partial charge in [0.2, 0.25) is 0 Å². The second-order valence-electron chi connectivity index (χ2n) is 0. The molecule has 0 aliphatic carbocycles. The van der Waals surface area contributed by atoms with Gasteiger partial charge in [-0.05, 0) is 0 Å². The Balaban J connectivity index is -0.00000000500. The molecule has 0 N–H and O–H groups in total. The van der Waals surface area contributed by atoms with Gasteiger partial charge in [-0.25, -0.2) is 0 Å². The van der Waals surface area contributed by atoms with E-state index in [-0.39, 0.29) is 30.5 Å². The zero-order valence-electron chi connectivity index (χ0n) is 1.52. The van der Waals surface area contributed by atoms with Crippen LogP contribution < -0.4 is 0 Å². The Hall–Kier alpha value is 0.786. The summed E-state index contributed by atoms with van der Waals surface area (Å²) in [5, 5.41) is 0. The Labute approximate surface area is 47.5 Å². The second kappa shape index (κ2) is 47.5. The summed E-state index contributed by atoms with van der Waals surface area (Å²) in [6, 6.07) is 0. The fraction of sp³-hybridized carbons (Fsp3) is 1.00. The molecule has 0 atom stereocenters. The molecule has 3 heteroatoms. The van der Waals surface area contributed by atoms with Crippen molar-refractivity contribution in [2.45, 2.75) is 7.43 Å². The van der Waals surface area contributed by atoms with Gasteiger partial charge >= 0.3 is 0 Å². The first kappa shape index (κ1) is 21.5. The molecule has 0 amide bonds. The zero-order chi connectivity index (χ0) is 2.00. The maximum Gasteiger partial charge on any atom is 0.197 e. The van der Waals surface area contributed by atoms with Crippen molar-refractivity contribution >= 4 is 35.6 Å². The van der Waals surface area contributed by atoms with Crippen LogP contribution in [-0.4, -0.2) is 27.3 Å². The monoisotopic (exact) mass is 88.0 g/mol. The van der Waals surface area contributed by atoms with E-state index in [1.807, 2.05) is 0 Å². The lowest BCUT2D eigenvalue weighted by molar-refractivity contribution is 0.702. The zero-order valence-corrected chi connectivity index (χ0v) is 3.75. The quantitative estimate of drug-likeness (QED) is 0.385. The summed E-state index contributed by atoms with van der Waals surface area (Å²) in [6.45, 7) is 0. The summed E-state index contributed by atoms with van der Waals surface area (Å²) < 4.78 is 7.83. The van der Waals surface area contributed by atoms with E-state index in [2.05, 4.69) is 12.5 Å². The summed E-state index contributed by atoms with van der Waals surface area (Å²) >= 11 is 2.83. The summed E-state index contributed by atoms with van der Waals surface area (Å²) in [7, 11) is 0. The van der Waals surface area contributed by atoms with Crippen LogP contribution in [0.3, 0.4) is 0 Å². The molecule has 0 fully saturated rings. The van der Waals surface area contributed by atoms with E-state index in [4.69, 9.17) is 4.21 Å². The number of hydrogen-bond acceptors (Lipinski definition) is 2. The van der Waals surface area contributed by atoms with Gasteiger partial charge in [-0.3, -0.25) is 0 Å². The minimum absolute atomic E-state index is 0. The van der Waals surface area contributed by atoms with Gasteiger partial charge in [0.25, 0.3) is 0 Å². The molecule has 0 aliphatic rings. The van der Waals surface area contributed by atoms with Gasteiger partial charge in [0.15, 0.2) is 12.5 Å². The van der Waals surface area contributed by atoms with Crippen LogP contribution in [0.15, 0.2) is 0 Å². The smallest absolute Gasteiger partial charge is 0.197 e. The summed E-state index contributed by atoms with van der Waals surface area (Å²) in [5.74, 6) is 0. The van der Waals surface area contributed by atoms with Gasteiger partial charge in [0.05, 0.1) is 0 Å². The molecular formula is CH4MgOS. The highest BCUT2D eigenvalue weighted by molar-refractivity contribution is 7.44. The Morgan fingerprint density at radius 3 is 1.25 bits per heavy atom. The van der Waals surface area contributed by atoms with Gasteiger partial charge in [-0.2, -0.15) is 4.21 Å². The van der Waals surface area contributed by atoms with Crippen molar-refractivity contribution in [2.24, 2.45) is 0 Å². The average molecular weight is 88.4 g/mol. The molecule has 2 radical (unpaired) electrons. The normalized spacial score (nSPS) is 1.00. The Kier molecular flexibility index (Phi) is 256. The second-order valence-corrected chi connectivity index (χ2v) is 0. The van der Waals surface area contributed by atoms with Crippen LogP contribution in [0.2, 0.25) is 0 Å². The predicted octanol–water partition coefficient (Wildman–Crippen LogP) is -0.0810. The van der Waals surface area contributed by atoms with E-state index in [1.165, 1.54) is 0 Å². The molecule has 0 aromatic carbocycles. The molecule has 0 aromatic heterocycles. The van der Waals surface area contributed by atoms with E-state index in [9.17, 15) is 0 Å². The molecule has 0 heterocycles. The van der Waals surface area contributed by atoms with Gasteiger partial charge in [-0.1, -0.05) is 7.43 Å². The summed E-state index contributed by atoms with van der Waals surface area (Å²) in [6.07, 6.45) is 0. The lowest BCUT2D eigenvalue weighted by atomic mass is 12.0. The molecule has 0 unspecified atom stereocenters. The van der Waals surface area contributed by atoms with Gasteiger partial charge in [0, 0.05) is 23.1 Å². The van der Waals surface area contributed by atoms with E-state index in [0.717, 1.165) is 0 Å². The van der Waals surface area contributed by atoms with Crippen LogP contribution in [0, 0.1) is 0 Å². The first-order chi connectivity index (χ1) is 1.00.